The fourth-order valence-corrected chi connectivity index (χ4v) is 3.38. The van der Waals surface area contributed by atoms with Gasteiger partial charge in [-0.1, -0.05) is 12.1 Å². The van der Waals surface area contributed by atoms with E-state index in [1.807, 2.05) is 19.2 Å². The number of ether oxygens (including phenoxy) is 1. The zero-order valence-corrected chi connectivity index (χ0v) is 16.2. The molecule has 9 heteroatoms. The molecule has 0 fully saturated rings. The van der Waals surface area contributed by atoms with Crippen LogP contribution in [0.4, 0.5) is 4.39 Å². The van der Waals surface area contributed by atoms with Crippen molar-refractivity contribution in [3.8, 4) is 11.4 Å². The second-order valence-electron chi connectivity index (χ2n) is 6.76. The molecule has 2 aromatic carbocycles. The highest BCUT2D eigenvalue weighted by Crippen LogP contribution is 2.26. The van der Waals surface area contributed by atoms with Crippen molar-refractivity contribution in [2.24, 2.45) is 0 Å². The van der Waals surface area contributed by atoms with Crippen LogP contribution in [0.2, 0.25) is 0 Å². The van der Waals surface area contributed by atoms with Crippen LogP contribution < -0.4 is 10.1 Å². The second-order valence-corrected chi connectivity index (χ2v) is 6.76. The first-order valence-electron chi connectivity index (χ1n) is 9.35. The van der Waals surface area contributed by atoms with Crippen LogP contribution in [0.3, 0.4) is 0 Å². The Balaban J connectivity index is 1.57. The topological polar surface area (TPSA) is 105 Å². The van der Waals surface area contributed by atoms with Crippen LogP contribution in [0.15, 0.2) is 49.1 Å². The summed E-state index contributed by atoms with van der Waals surface area (Å²) in [6.45, 7) is 1.03. The van der Waals surface area contributed by atoms with Gasteiger partial charge in [0.25, 0.3) is 0 Å². The number of hydrogen-bond donors (Lipinski definition) is 3. The highest BCUT2D eigenvalue weighted by atomic mass is 19.1. The van der Waals surface area contributed by atoms with Crippen molar-refractivity contribution in [2.45, 2.75) is 13.0 Å². The second kappa shape index (κ2) is 8.34. The normalized spacial score (nSPS) is 11.1. The number of rotatable bonds is 8. The fraction of sp³-hybridized carbons (Fsp3) is 0.190. The number of carboxylic acid groups (broad SMARTS) is 1. The maximum absolute atomic E-state index is 13.4. The van der Waals surface area contributed by atoms with Crippen molar-refractivity contribution in [2.75, 3.05) is 13.7 Å². The number of nitrogens with zero attached hydrogens (tertiary/aromatic N) is 3. The van der Waals surface area contributed by atoms with Crippen molar-refractivity contribution in [3.63, 3.8) is 0 Å². The molecule has 4 aromatic rings. The van der Waals surface area contributed by atoms with Crippen molar-refractivity contribution < 1.29 is 19.0 Å². The van der Waals surface area contributed by atoms with Gasteiger partial charge in [-0.2, -0.15) is 9.49 Å². The van der Waals surface area contributed by atoms with Gasteiger partial charge in [-0.15, -0.1) is 0 Å². The molecule has 0 radical (unpaired) electrons. The number of benzene rings is 2. The number of aromatic amines is 1. The maximum Gasteiger partial charge on any atom is 0.335 e. The summed E-state index contributed by atoms with van der Waals surface area (Å²) >= 11 is 0. The number of imidazole rings is 1. The monoisotopic (exact) mass is 409 g/mol. The zero-order valence-electron chi connectivity index (χ0n) is 16.2. The Hall–Kier alpha value is -3.72. The van der Waals surface area contributed by atoms with Gasteiger partial charge in [0, 0.05) is 18.4 Å². The van der Waals surface area contributed by atoms with Crippen molar-refractivity contribution in [3.05, 3.63) is 71.7 Å². The number of fused-ring (bicyclic) bond motifs is 1. The summed E-state index contributed by atoms with van der Waals surface area (Å²) in [5.74, 6) is -1.36. The number of H-pyrrole nitrogens is 1. The van der Waals surface area contributed by atoms with E-state index in [1.54, 1.807) is 12.3 Å². The number of aromatic nitrogens is 4. The quantitative estimate of drug-likeness (QED) is 0.413. The molecule has 0 amide bonds. The minimum Gasteiger partial charge on any atom is -0.491 e. The first-order valence-corrected chi connectivity index (χ1v) is 9.35. The molecule has 8 nitrogen and oxygen atoms in total. The lowest BCUT2D eigenvalue weighted by Gasteiger charge is -2.13. The van der Waals surface area contributed by atoms with Gasteiger partial charge < -0.3 is 15.2 Å². The number of nitrogens with one attached hydrogen (secondary N) is 2. The summed E-state index contributed by atoms with van der Waals surface area (Å²) in [6, 6.07) is 8.52. The van der Waals surface area contributed by atoms with E-state index in [9.17, 15) is 14.3 Å². The molecule has 0 saturated carbocycles. The van der Waals surface area contributed by atoms with Crippen LogP contribution in [0.25, 0.3) is 16.6 Å². The fourth-order valence-electron chi connectivity index (χ4n) is 3.38. The molecule has 2 aromatic heterocycles. The number of hydrogen-bond acceptors (Lipinski definition) is 5. The van der Waals surface area contributed by atoms with E-state index >= 15 is 0 Å². The summed E-state index contributed by atoms with van der Waals surface area (Å²) in [6.07, 6.45) is 4.89. The largest absolute Gasteiger partial charge is 0.491 e. The molecule has 30 heavy (non-hydrogen) atoms. The maximum atomic E-state index is 13.4. The van der Waals surface area contributed by atoms with Gasteiger partial charge in [0.2, 0.25) is 5.95 Å². The summed E-state index contributed by atoms with van der Waals surface area (Å²) in [4.78, 5) is 14.9. The highest BCUT2D eigenvalue weighted by Gasteiger charge is 2.13. The van der Waals surface area contributed by atoms with Crippen LogP contribution in [0, 0.1) is 5.95 Å². The molecule has 0 spiro atoms. The SMILES string of the molecule is CNCc1ccc(CCOc2cc(C(=O)O)ccc2-n2cnc(F)c2)c2cn[nH]c12. The summed E-state index contributed by atoms with van der Waals surface area (Å²) in [5, 5.41) is 20.6. The third-order valence-electron chi connectivity index (χ3n) is 4.82. The van der Waals surface area contributed by atoms with E-state index in [0.717, 1.165) is 28.6 Å². The smallest absolute Gasteiger partial charge is 0.335 e. The molecule has 4 rings (SSSR count). The van der Waals surface area contributed by atoms with Crippen molar-refractivity contribution >= 4 is 16.9 Å². The van der Waals surface area contributed by atoms with Crippen molar-refractivity contribution in [1.82, 2.24) is 25.1 Å². The molecule has 0 bridgehead atoms. The van der Waals surface area contributed by atoms with E-state index in [-0.39, 0.29) is 5.56 Å². The molecular formula is C21H20FN5O3. The number of carbonyl (C=O) groups is 1. The first kappa shape index (κ1) is 19.6. The average molecular weight is 409 g/mol. The molecule has 3 N–H and O–H groups in total. The van der Waals surface area contributed by atoms with Crippen molar-refractivity contribution in [1.29, 1.82) is 0 Å². The standard InChI is InChI=1S/C21H20FN5O3/c1-23-9-15-3-2-13(16-10-25-26-20(15)16)6-7-30-18-8-14(21(28)29)4-5-17(18)27-11-19(22)24-12-27/h2-5,8,10-12,23H,6-7,9H2,1H3,(H,25,26)(H,28,29). The zero-order chi connectivity index (χ0) is 21.1. The average Bonchev–Trinajstić information content (AvgIpc) is 3.39. The lowest BCUT2D eigenvalue weighted by atomic mass is 10.0. The number of carboxylic acids is 1. The van der Waals surface area contributed by atoms with Gasteiger partial charge in [-0.3, -0.25) is 9.67 Å². The highest BCUT2D eigenvalue weighted by molar-refractivity contribution is 5.88. The van der Waals surface area contributed by atoms with Crippen LogP contribution in [-0.2, 0) is 13.0 Å². The third kappa shape index (κ3) is 3.87. The first-order chi connectivity index (χ1) is 14.6. The van der Waals surface area contributed by atoms with Crippen LogP contribution in [-0.4, -0.2) is 44.5 Å². The van der Waals surface area contributed by atoms with E-state index in [4.69, 9.17) is 4.74 Å². The predicted molar refractivity (Wildman–Crippen MR) is 109 cm³/mol. The Labute approximate surface area is 171 Å². The van der Waals surface area contributed by atoms with Gasteiger partial charge in [0.1, 0.15) is 12.1 Å². The van der Waals surface area contributed by atoms with E-state index < -0.39 is 11.9 Å². The minimum absolute atomic E-state index is 0.0861. The van der Waals surface area contributed by atoms with Crippen LogP contribution in [0.5, 0.6) is 5.75 Å². The van der Waals surface area contributed by atoms with E-state index in [0.29, 0.717) is 24.5 Å². The van der Waals surface area contributed by atoms with Gasteiger partial charge >= 0.3 is 5.97 Å². The summed E-state index contributed by atoms with van der Waals surface area (Å²) in [5.41, 5.74) is 3.75. The van der Waals surface area contributed by atoms with Crippen LogP contribution in [0.1, 0.15) is 21.5 Å². The lowest BCUT2D eigenvalue weighted by Crippen LogP contribution is -2.08. The van der Waals surface area contributed by atoms with Gasteiger partial charge in [0.15, 0.2) is 0 Å². The molecule has 154 valence electrons. The Morgan fingerprint density at radius 1 is 1.30 bits per heavy atom. The molecule has 0 aliphatic carbocycles. The number of aromatic carboxylic acids is 1. The van der Waals surface area contributed by atoms with Gasteiger partial charge in [-0.25, -0.2) is 9.78 Å². The Bertz CT molecular complexity index is 1200. The van der Waals surface area contributed by atoms with E-state index in [2.05, 4.69) is 20.5 Å². The molecule has 0 saturated heterocycles. The minimum atomic E-state index is -1.07. The third-order valence-corrected chi connectivity index (χ3v) is 4.82. The summed E-state index contributed by atoms with van der Waals surface area (Å²) < 4.78 is 20.7. The molecule has 2 heterocycles. The Kier molecular flexibility index (Phi) is 5.44. The molecule has 0 unspecified atom stereocenters. The molecule has 0 atom stereocenters. The van der Waals surface area contributed by atoms with Crippen LogP contribution >= 0.6 is 0 Å². The Morgan fingerprint density at radius 2 is 2.13 bits per heavy atom. The summed E-state index contributed by atoms with van der Waals surface area (Å²) in [7, 11) is 1.89. The Morgan fingerprint density at radius 3 is 2.87 bits per heavy atom. The van der Waals surface area contributed by atoms with Gasteiger partial charge in [0.05, 0.1) is 35.8 Å². The molecular weight excluding hydrogens is 389 g/mol. The van der Waals surface area contributed by atoms with Gasteiger partial charge in [-0.05, 0) is 36.4 Å². The predicted octanol–water partition coefficient (Wildman–Crippen LogP) is 2.93. The number of halogens is 1. The molecule has 0 aliphatic heterocycles. The lowest BCUT2D eigenvalue weighted by molar-refractivity contribution is 0.0696. The molecule has 0 aliphatic rings. The van der Waals surface area contributed by atoms with E-state index in [1.165, 1.54) is 29.2 Å².